The maximum Gasteiger partial charge on any atom is 0.263 e. The maximum atomic E-state index is 11.8. The van der Waals surface area contributed by atoms with Crippen LogP contribution in [0.3, 0.4) is 0 Å². The summed E-state index contributed by atoms with van der Waals surface area (Å²) in [5, 5.41) is 4.72. The van der Waals surface area contributed by atoms with Gasteiger partial charge in [0, 0.05) is 0 Å². The molecule has 2 rings (SSSR count). The summed E-state index contributed by atoms with van der Waals surface area (Å²) in [6, 6.07) is 5.16. The zero-order chi connectivity index (χ0) is 14.7. The molecule has 0 unspecified atom stereocenters. The van der Waals surface area contributed by atoms with Gasteiger partial charge in [-0.25, -0.2) is 0 Å². The summed E-state index contributed by atoms with van der Waals surface area (Å²) in [6.07, 6.45) is 1.41. The first-order valence-corrected chi connectivity index (χ1v) is 6.07. The van der Waals surface area contributed by atoms with Gasteiger partial charge in [0.1, 0.15) is 17.1 Å². The smallest absolute Gasteiger partial charge is 0.263 e. The van der Waals surface area contributed by atoms with Crippen LogP contribution in [0.4, 0.5) is 0 Å². The standard InChI is InChI=1S/C13H12N2O4S/c1-18-9-4-3-5-10(19-2)7(9)6-8-11(16)14-13(20)15-12(8)17/h3-6H,1-2H3,(H2,14,15,16,17,20). The van der Waals surface area contributed by atoms with Crippen LogP contribution in [0.15, 0.2) is 23.8 Å². The van der Waals surface area contributed by atoms with E-state index in [1.165, 1.54) is 20.3 Å². The van der Waals surface area contributed by atoms with Crippen LogP contribution in [-0.4, -0.2) is 31.1 Å². The van der Waals surface area contributed by atoms with Gasteiger partial charge in [-0.2, -0.15) is 0 Å². The van der Waals surface area contributed by atoms with Gasteiger partial charge < -0.3 is 9.47 Å². The lowest BCUT2D eigenvalue weighted by molar-refractivity contribution is -0.123. The molecule has 7 heteroatoms. The van der Waals surface area contributed by atoms with Crippen LogP contribution in [0.5, 0.6) is 11.5 Å². The third-order valence-corrected chi connectivity index (χ3v) is 2.90. The van der Waals surface area contributed by atoms with Crippen molar-refractivity contribution in [3.8, 4) is 11.5 Å². The van der Waals surface area contributed by atoms with Crippen LogP contribution in [0.1, 0.15) is 5.56 Å². The largest absolute Gasteiger partial charge is 0.496 e. The molecule has 6 nitrogen and oxygen atoms in total. The Hall–Kier alpha value is -2.41. The minimum absolute atomic E-state index is 0.0101. The van der Waals surface area contributed by atoms with Gasteiger partial charge in [0.2, 0.25) is 0 Å². The maximum absolute atomic E-state index is 11.8. The molecule has 0 saturated carbocycles. The fraction of sp³-hybridized carbons (Fsp3) is 0.154. The third kappa shape index (κ3) is 2.62. The van der Waals surface area contributed by atoms with Crippen molar-refractivity contribution in [1.82, 2.24) is 10.6 Å². The Morgan fingerprint density at radius 1 is 1.05 bits per heavy atom. The molecule has 0 radical (unpaired) electrons. The predicted octanol–water partition coefficient (Wildman–Crippen LogP) is 0.618. The number of carbonyl (C=O) groups is 2. The zero-order valence-corrected chi connectivity index (χ0v) is 11.7. The molecule has 1 fully saturated rings. The van der Waals surface area contributed by atoms with E-state index in [0.717, 1.165) is 0 Å². The summed E-state index contributed by atoms with van der Waals surface area (Å²) in [6.45, 7) is 0. The minimum atomic E-state index is -0.563. The van der Waals surface area contributed by atoms with E-state index >= 15 is 0 Å². The van der Waals surface area contributed by atoms with Gasteiger partial charge in [-0.05, 0) is 30.4 Å². The minimum Gasteiger partial charge on any atom is -0.496 e. The van der Waals surface area contributed by atoms with Gasteiger partial charge in [-0.3, -0.25) is 20.2 Å². The number of nitrogens with one attached hydrogen (secondary N) is 2. The van der Waals surface area contributed by atoms with Gasteiger partial charge in [-0.15, -0.1) is 0 Å². The number of thiocarbonyl (C=S) groups is 1. The summed E-state index contributed by atoms with van der Waals surface area (Å²) in [7, 11) is 2.99. The quantitative estimate of drug-likeness (QED) is 0.485. The molecule has 104 valence electrons. The lowest BCUT2D eigenvalue weighted by atomic mass is 10.1. The Labute approximate surface area is 120 Å². The number of methoxy groups -OCH3 is 2. The average Bonchev–Trinajstić information content (AvgIpc) is 2.42. The Balaban J connectivity index is 2.51. The fourth-order valence-corrected chi connectivity index (χ4v) is 1.96. The van der Waals surface area contributed by atoms with Crippen molar-refractivity contribution in [2.24, 2.45) is 0 Å². The van der Waals surface area contributed by atoms with E-state index in [2.05, 4.69) is 10.6 Å². The molecule has 1 aromatic carbocycles. The van der Waals surface area contributed by atoms with E-state index in [9.17, 15) is 9.59 Å². The predicted molar refractivity (Wildman–Crippen MR) is 76.4 cm³/mol. The molecule has 2 N–H and O–H groups in total. The first kappa shape index (κ1) is 14.0. The lowest BCUT2D eigenvalue weighted by Crippen LogP contribution is -2.51. The number of hydrogen-bond donors (Lipinski definition) is 2. The average molecular weight is 292 g/mol. The third-order valence-electron chi connectivity index (χ3n) is 2.70. The highest BCUT2D eigenvalue weighted by Crippen LogP contribution is 2.30. The Morgan fingerprint density at radius 2 is 1.55 bits per heavy atom. The lowest BCUT2D eigenvalue weighted by Gasteiger charge is -2.17. The van der Waals surface area contributed by atoms with Gasteiger partial charge in [-0.1, -0.05) is 6.07 Å². The highest BCUT2D eigenvalue weighted by molar-refractivity contribution is 7.80. The van der Waals surface area contributed by atoms with Crippen LogP contribution < -0.4 is 20.1 Å². The SMILES string of the molecule is COc1cccc(OC)c1C=C1C(=O)NC(=S)NC1=O. The zero-order valence-electron chi connectivity index (χ0n) is 10.9. The van der Waals surface area contributed by atoms with Crippen LogP contribution >= 0.6 is 12.2 Å². The fourth-order valence-electron chi connectivity index (χ4n) is 1.77. The molecule has 0 spiro atoms. The Morgan fingerprint density at radius 3 is 2.00 bits per heavy atom. The molecule has 1 aromatic rings. The molecular formula is C13H12N2O4S. The van der Waals surface area contributed by atoms with Crippen molar-refractivity contribution in [3.05, 3.63) is 29.3 Å². The van der Waals surface area contributed by atoms with Crippen molar-refractivity contribution in [1.29, 1.82) is 0 Å². The number of carbonyl (C=O) groups excluding carboxylic acids is 2. The van der Waals surface area contributed by atoms with Crippen molar-refractivity contribution < 1.29 is 19.1 Å². The number of ether oxygens (including phenoxy) is 2. The van der Waals surface area contributed by atoms with Crippen LogP contribution in [0.2, 0.25) is 0 Å². The number of amides is 2. The highest BCUT2D eigenvalue weighted by Gasteiger charge is 2.26. The topological polar surface area (TPSA) is 76.7 Å². The second-order valence-corrected chi connectivity index (χ2v) is 4.28. The number of hydrogen-bond acceptors (Lipinski definition) is 5. The molecule has 0 aliphatic carbocycles. The Bertz CT molecular complexity index is 581. The number of benzene rings is 1. The second kappa shape index (κ2) is 5.70. The summed E-state index contributed by atoms with van der Waals surface area (Å²) in [5.74, 6) is -0.144. The van der Waals surface area contributed by atoms with Gasteiger partial charge >= 0.3 is 0 Å². The van der Waals surface area contributed by atoms with E-state index in [1.54, 1.807) is 18.2 Å². The summed E-state index contributed by atoms with van der Waals surface area (Å²) in [5.41, 5.74) is 0.437. The molecule has 0 aromatic heterocycles. The van der Waals surface area contributed by atoms with Crippen molar-refractivity contribution >= 4 is 35.2 Å². The number of rotatable bonds is 3. The second-order valence-electron chi connectivity index (χ2n) is 3.87. The van der Waals surface area contributed by atoms with E-state index in [4.69, 9.17) is 21.7 Å². The molecule has 1 saturated heterocycles. The van der Waals surface area contributed by atoms with E-state index < -0.39 is 11.8 Å². The van der Waals surface area contributed by atoms with Crippen LogP contribution in [-0.2, 0) is 9.59 Å². The van der Waals surface area contributed by atoms with Crippen molar-refractivity contribution in [2.45, 2.75) is 0 Å². The molecular weight excluding hydrogens is 280 g/mol. The monoisotopic (exact) mass is 292 g/mol. The molecule has 1 aliphatic heterocycles. The first-order chi connectivity index (χ1) is 9.56. The van der Waals surface area contributed by atoms with Crippen molar-refractivity contribution in [3.63, 3.8) is 0 Å². The van der Waals surface area contributed by atoms with E-state index in [-0.39, 0.29) is 10.7 Å². The van der Waals surface area contributed by atoms with E-state index in [1.807, 2.05) is 0 Å². The molecule has 2 amide bonds. The van der Waals surface area contributed by atoms with E-state index in [0.29, 0.717) is 17.1 Å². The van der Waals surface area contributed by atoms with Crippen LogP contribution in [0.25, 0.3) is 6.08 Å². The normalized spacial score (nSPS) is 14.5. The molecule has 20 heavy (non-hydrogen) atoms. The highest BCUT2D eigenvalue weighted by atomic mass is 32.1. The molecule has 1 heterocycles. The van der Waals surface area contributed by atoms with Gasteiger partial charge in [0.15, 0.2) is 5.11 Å². The van der Waals surface area contributed by atoms with Gasteiger partial charge in [0.25, 0.3) is 11.8 Å². The summed E-state index contributed by atoms with van der Waals surface area (Å²) < 4.78 is 10.4. The molecule has 0 atom stereocenters. The summed E-state index contributed by atoms with van der Waals surface area (Å²) in [4.78, 5) is 23.6. The van der Waals surface area contributed by atoms with Crippen LogP contribution in [0, 0.1) is 0 Å². The Kier molecular flexibility index (Phi) is 3.99. The molecule has 0 bridgehead atoms. The first-order valence-electron chi connectivity index (χ1n) is 5.66. The van der Waals surface area contributed by atoms with Crippen molar-refractivity contribution in [2.75, 3.05) is 14.2 Å². The molecule has 1 aliphatic rings. The summed E-state index contributed by atoms with van der Waals surface area (Å²) >= 11 is 4.73. The van der Waals surface area contributed by atoms with Gasteiger partial charge in [0.05, 0.1) is 19.8 Å².